The lowest BCUT2D eigenvalue weighted by Crippen LogP contribution is -2.06. The molecule has 4 heteroatoms. The fourth-order valence-corrected chi connectivity index (χ4v) is 2.97. The molecule has 4 nitrogen and oxygen atoms in total. The Balaban J connectivity index is 2.49. The van der Waals surface area contributed by atoms with Crippen LogP contribution in [0.3, 0.4) is 0 Å². The van der Waals surface area contributed by atoms with Crippen LogP contribution in [0.15, 0.2) is 36.4 Å². The summed E-state index contributed by atoms with van der Waals surface area (Å²) in [7, 11) is 3.27. The van der Waals surface area contributed by atoms with Gasteiger partial charge in [0, 0.05) is 23.4 Å². The van der Waals surface area contributed by atoms with Gasteiger partial charge in [-0.15, -0.1) is 0 Å². The number of benzene rings is 3. The van der Waals surface area contributed by atoms with E-state index in [0.29, 0.717) is 11.5 Å². The molecule has 0 unspecified atom stereocenters. The van der Waals surface area contributed by atoms with Crippen LogP contribution in [0.5, 0.6) is 11.5 Å². The van der Waals surface area contributed by atoms with Crippen molar-refractivity contribution in [2.24, 2.45) is 0 Å². The minimum atomic E-state index is -0.0910. The lowest BCUT2D eigenvalue weighted by atomic mass is 9.97. The molecule has 0 fully saturated rings. The summed E-state index contributed by atoms with van der Waals surface area (Å²) in [5, 5.41) is 6.90. The van der Waals surface area contributed by atoms with Crippen molar-refractivity contribution in [2.75, 3.05) is 19.5 Å². The van der Waals surface area contributed by atoms with Crippen LogP contribution in [0.1, 0.15) is 12.5 Å². The first-order chi connectivity index (χ1) is 11.0. The Labute approximate surface area is 135 Å². The molecule has 0 saturated heterocycles. The number of hydrogen-bond acceptors (Lipinski definition) is 3. The van der Waals surface area contributed by atoms with E-state index < -0.39 is 0 Å². The van der Waals surface area contributed by atoms with Gasteiger partial charge >= 0.3 is 0 Å². The predicted octanol–water partition coefficient (Wildman–Crippen LogP) is 4.28. The quantitative estimate of drug-likeness (QED) is 0.735. The van der Waals surface area contributed by atoms with Crippen LogP contribution in [0.4, 0.5) is 5.69 Å². The minimum absolute atomic E-state index is 0.0910. The van der Waals surface area contributed by atoms with E-state index in [1.54, 1.807) is 14.2 Å². The molecule has 23 heavy (non-hydrogen) atoms. The molecular formula is C19H19NO3. The molecule has 0 aromatic heterocycles. The zero-order valence-corrected chi connectivity index (χ0v) is 13.7. The molecule has 0 aliphatic rings. The summed E-state index contributed by atoms with van der Waals surface area (Å²) in [5.74, 6) is 1.30. The van der Waals surface area contributed by atoms with Crippen LogP contribution >= 0.6 is 0 Å². The second-order valence-corrected chi connectivity index (χ2v) is 5.55. The number of anilines is 1. The van der Waals surface area contributed by atoms with Gasteiger partial charge in [0.2, 0.25) is 5.91 Å². The van der Waals surface area contributed by atoms with Crippen molar-refractivity contribution in [3.05, 3.63) is 42.0 Å². The van der Waals surface area contributed by atoms with Crippen molar-refractivity contribution >= 4 is 33.1 Å². The molecule has 0 atom stereocenters. The average molecular weight is 309 g/mol. The maximum Gasteiger partial charge on any atom is 0.221 e. The van der Waals surface area contributed by atoms with Gasteiger partial charge in [-0.3, -0.25) is 4.79 Å². The molecule has 0 heterocycles. The molecule has 0 bridgehead atoms. The summed E-state index contributed by atoms with van der Waals surface area (Å²) in [6, 6.07) is 12.0. The Bertz CT molecular complexity index is 916. The molecule has 1 amide bonds. The van der Waals surface area contributed by atoms with Crippen molar-refractivity contribution in [1.29, 1.82) is 0 Å². The Hall–Kier alpha value is -2.75. The molecule has 3 aromatic rings. The zero-order valence-electron chi connectivity index (χ0n) is 13.7. The fraction of sp³-hybridized carbons (Fsp3) is 0.211. The monoisotopic (exact) mass is 309 g/mol. The van der Waals surface area contributed by atoms with Crippen molar-refractivity contribution in [1.82, 2.24) is 0 Å². The largest absolute Gasteiger partial charge is 0.493 e. The summed E-state index contributed by atoms with van der Waals surface area (Å²) in [4.78, 5) is 11.5. The molecule has 3 aromatic carbocycles. The predicted molar refractivity (Wildman–Crippen MR) is 93.6 cm³/mol. The number of carbonyl (C=O) groups excluding carboxylic acids is 1. The number of rotatable bonds is 3. The molecule has 118 valence electrons. The van der Waals surface area contributed by atoms with Gasteiger partial charge in [-0.1, -0.05) is 29.8 Å². The number of amides is 1. The van der Waals surface area contributed by atoms with Crippen molar-refractivity contribution in [2.45, 2.75) is 13.8 Å². The molecule has 0 spiro atoms. The minimum Gasteiger partial charge on any atom is -0.493 e. The summed E-state index contributed by atoms with van der Waals surface area (Å²) in [5.41, 5.74) is 1.94. The van der Waals surface area contributed by atoms with E-state index >= 15 is 0 Å². The topological polar surface area (TPSA) is 47.6 Å². The van der Waals surface area contributed by atoms with Crippen LogP contribution in [-0.2, 0) is 4.79 Å². The number of nitrogens with one attached hydrogen (secondary N) is 1. The van der Waals surface area contributed by atoms with E-state index in [1.807, 2.05) is 37.3 Å². The van der Waals surface area contributed by atoms with Gasteiger partial charge < -0.3 is 14.8 Å². The Morgan fingerprint density at radius 2 is 1.78 bits per heavy atom. The molecule has 0 radical (unpaired) electrons. The summed E-state index contributed by atoms with van der Waals surface area (Å²) in [6.45, 7) is 3.56. The van der Waals surface area contributed by atoms with Gasteiger partial charge in [0.1, 0.15) is 0 Å². The SMILES string of the molecule is COc1ccc2cc(NC(C)=O)c3ccc(C)cc3c2c1OC. The number of carbonyl (C=O) groups is 1. The normalized spacial score (nSPS) is 10.8. The van der Waals surface area contributed by atoms with E-state index in [0.717, 1.165) is 32.8 Å². The lowest BCUT2D eigenvalue weighted by molar-refractivity contribution is -0.114. The maximum absolute atomic E-state index is 11.5. The van der Waals surface area contributed by atoms with E-state index in [-0.39, 0.29) is 5.91 Å². The van der Waals surface area contributed by atoms with Crippen LogP contribution in [0, 0.1) is 6.92 Å². The summed E-state index contributed by atoms with van der Waals surface area (Å²) in [6.07, 6.45) is 0. The van der Waals surface area contributed by atoms with Gasteiger partial charge in [-0.05, 0) is 29.8 Å². The second-order valence-electron chi connectivity index (χ2n) is 5.55. The highest BCUT2D eigenvalue weighted by atomic mass is 16.5. The van der Waals surface area contributed by atoms with Crippen molar-refractivity contribution in [3.8, 4) is 11.5 Å². The lowest BCUT2D eigenvalue weighted by Gasteiger charge is -2.16. The third kappa shape index (κ3) is 2.57. The molecule has 0 aliphatic carbocycles. The highest BCUT2D eigenvalue weighted by Gasteiger charge is 2.15. The first-order valence-electron chi connectivity index (χ1n) is 7.40. The number of methoxy groups -OCH3 is 2. The first kappa shape index (κ1) is 15.2. The van der Waals surface area contributed by atoms with Gasteiger partial charge in [-0.2, -0.15) is 0 Å². The molecular weight excluding hydrogens is 290 g/mol. The van der Waals surface area contributed by atoms with Gasteiger partial charge in [-0.25, -0.2) is 0 Å². The number of fused-ring (bicyclic) bond motifs is 3. The maximum atomic E-state index is 11.5. The Kier molecular flexibility index (Phi) is 3.82. The molecule has 0 saturated carbocycles. The van der Waals surface area contributed by atoms with Gasteiger partial charge in [0.25, 0.3) is 0 Å². The highest BCUT2D eigenvalue weighted by molar-refractivity contribution is 6.17. The second kappa shape index (κ2) is 5.80. The summed E-state index contributed by atoms with van der Waals surface area (Å²) >= 11 is 0. The highest BCUT2D eigenvalue weighted by Crippen LogP contribution is 2.42. The molecule has 1 N–H and O–H groups in total. The van der Waals surface area contributed by atoms with E-state index in [2.05, 4.69) is 11.4 Å². The molecule has 0 aliphatic heterocycles. The number of aryl methyl sites for hydroxylation is 1. The van der Waals surface area contributed by atoms with Crippen molar-refractivity contribution < 1.29 is 14.3 Å². The zero-order chi connectivity index (χ0) is 16.6. The number of hydrogen-bond donors (Lipinski definition) is 1. The number of ether oxygens (including phenoxy) is 2. The fourth-order valence-electron chi connectivity index (χ4n) is 2.97. The van der Waals surface area contributed by atoms with Crippen LogP contribution in [0.25, 0.3) is 21.5 Å². The average Bonchev–Trinajstić information content (AvgIpc) is 2.53. The van der Waals surface area contributed by atoms with E-state index in [1.165, 1.54) is 6.92 Å². The summed E-state index contributed by atoms with van der Waals surface area (Å²) < 4.78 is 11.0. The van der Waals surface area contributed by atoms with Crippen LogP contribution in [-0.4, -0.2) is 20.1 Å². The third-order valence-electron chi connectivity index (χ3n) is 3.92. The smallest absolute Gasteiger partial charge is 0.221 e. The van der Waals surface area contributed by atoms with Crippen molar-refractivity contribution in [3.63, 3.8) is 0 Å². The van der Waals surface area contributed by atoms with Crippen LogP contribution in [0.2, 0.25) is 0 Å². The van der Waals surface area contributed by atoms with Gasteiger partial charge in [0.05, 0.1) is 14.2 Å². The first-order valence-corrected chi connectivity index (χ1v) is 7.40. The van der Waals surface area contributed by atoms with E-state index in [4.69, 9.17) is 9.47 Å². The Morgan fingerprint density at radius 1 is 1.00 bits per heavy atom. The van der Waals surface area contributed by atoms with E-state index in [9.17, 15) is 4.79 Å². The standard InChI is InChI=1S/C19H19NO3/c1-11-5-7-14-15(9-11)18-13(10-16(14)20-12(2)21)6-8-17(22-3)19(18)23-4/h5-10H,1-4H3,(H,20,21). The third-order valence-corrected chi connectivity index (χ3v) is 3.92. The van der Waals surface area contributed by atoms with Gasteiger partial charge in [0.15, 0.2) is 11.5 Å². The van der Waals surface area contributed by atoms with Crippen LogP contribution < -0.4 is 14.8 Å². The Morgan fingerprint density at radius 3 is 2.43 bits per heavy atom. The molecule has 3 rings (SSSR count).